The molecule has 0 atom stereocenters. The number of hydrogen-bond acceptors (Lipinski definition) is 8. The van der Waals surface area contributed by atoms with Crippen molar-refractivity contribution in [3.63, 3.8) is 0 Å². The van der Waals surface area contributed by atoms with Crippen molar-refractivity contribution in [2.45, 2.75) is 31.8 Å². The number of hydrogen-bond donors (Lipinski definition) is 1. The van der Waals surface area contributed by atoms with Gasteiger partial charge in [-0.1, -0.05) is 12.1 Å². The van der Waals surface area contributed by atoms with Crippen LogP contribution in [0.15, 0.2) is 53.3 Å². The minimum Gasteiger partial charge on any atom is -0.437 e. The Bertz CT molecular complexity index is 1390. The van der Waals surface area contributed by atoms with Crippen LogP contribution < -0.4 is 9.80 Å². The van der Waals surface area contributed by atoms with E-state index in [2.05, 4.69) is 24.8 Å². The Morgan fingerprint density at radius 3 is 2.31 bits per heavy atom. The van der Waals surface area contributed by atoms with E-state index in [-0.39, 0.29) is 17.7 Å². The molecule has 4 aromatic rings. The van der Waals surface area contributed by atoms with Crippen molar-refractivity contribution in [2.75, 3.05) is 36.0 Å². The molecule has 2 saturated heterocycles. The summed E-state index contributed by atoms with van der Waals surface area (Å²) >= 11 is 0. The molecule has 2 fully saturated rings. The molecule has 0 bridgehead atoms. The lowest BCUT2D eigenvalue weighted by molar-refractivity contribution is -0.119. The SMILES string of the molecule is O=C1CCN(c2ncnc3oc(-c4ccc(N5CCC(O)CC5)nc4)c(-c4ccc(F)cc4)c23)CC1. The van der Waals surface area contributed by atoms with E-state index in [0.29, 0.717) is 43.2 Å². The van der Waals surface area contributed by atoms with Gasteiger partial charge < -0.3 is 19.3 Å². The number of anilines is 2. The molecule has 0 saturated carbocycles. The van der Waals surface area contributed by atoms with E-state index in [1.54, 1.807) is 18.3 Å². The molecule has 1 N–H and O–H groups in total. The fourth-order valence-electron chi connectivity index (χ4n) is 5.02. The van der Waals surface area contributed by atoms with Crippen LogP contribution >= 0.6 is 0 Å². The first-order valence-corrected chi connectivity index (χ1v) is 12.3. The summed E-state index contributed by atoms with van der Waals surface area (Å²) in [5.41, 5.74) is 2.75. The van der Waals surface area contributed by atoms with Crippen molar-refractivity contribution in [3.8, 4) is 22.5 Å². The van der Waals surface area contributed by atoms with Crippen LogP contribution in [0.5, 0.6) is 0 Å². The number of aliphatic hydroxyl groups is 1. The van der Waals surface area contributed by atoms with Crippen molar-refractivity contribution < 1.29 is 18.7 Å². The maximum Gasteiger partial charge on any atom is 0.232 e. The van der Waals surface area contributed by atoms with Crippen LogP contribution in [-0.2, 0) is 4.79 Å². The molecule has 0 aliphatic carbocycles. The highest BCUT2D eigenvalue weighted by Gasteiger charge is 2.27. The molecule has 0 unspecified atom stereocenters. The zero-order valence-electron chi connectivity index (χ0n) is 19.7. The third-order valence-electron chi connectivity index (χ3n) is 7.02. The minimum absolute atomic E-state index is 0.248. The standard InChI is InChI=1S/C27H26FN5O3/c28-19-4-1-17(2-5-19)23-24-26(33-13-9-21(35)10-14-33)30-16-31-27(24)36-25(23)18-3-6-22(29-15-18)32-11-7-20(34)8-12-32/h1-6,15-16,20,34H,7-14H2. The quantitative estimate of drug-likeness (QED) is 0.457. The first kappa shape index (κ1) is 22.6. The van der Waals surface area contributed by atoms with Gasteiger partial charge in [0.05, 0.1) is 11.5 Å². The Balaban J connectivity index is 1.46. The second-order valence-electron chi connectivity index (χ2n) is 9.34. The molecule has 36 heavy (non-hydrogen) atoms. The van der Waals surface area contributed by atoms with Crippen molar-refractivity contribution in [3.05, 3.63) is 54.7 Å². The fourth-order valence-corrected chi connectivity index (χ4v) is 5.02. The number of nitrogens with zero attached hydrogens (tertiary/aromatic N) is 5. The third-order valence-corrected chi connectivity index (χ3v) is 7.02. The maximum absolute atomic E-state index is 13.8. The lowest BCUT2D eigenvalue weighted by Gasteiger charge is -2.30. The number of rotatable bonds is 4. The van der Waals surface area contributed by atoms with Gasteiger partial charge in [0.15, 0.2) is 0 Å². The highest BCUT2D eigenvalue weighted by molar-refractivity contribution is 6.06. The third kappa shape index (κ3) is 4.19. The van der Waals surface area contributed by atoms with E-state index in [9.17, 15) is 14.3 Å². The van der Waals surface area contributed by atoms with Gasteiger partial charge in [0.1, 0.15) is 35.3 Å². The second-order valence-corrected chi connectivity index (χ2v) is 9.34. The molecule has 1 aromatic carbocycles. The number of carbonyl (C=O) groups excluding carboxylic acids is 1. The van der Waals surface area contributed by atoms with Crippen LogP contribution in [0.4, 0.5) is 16.0 Å². The molecular weight excluding hydrogens is 461 g/mol. The molecule has 6 rings (SSSR count). The number of ketones is 1. The Morgan fingerprint density at radius 2 is 1.61 bits per heavy atom. The van der Waals surface area contributed by atoms with Gasteiger partial charge in [-0.05, 0) is 42.7 Å². The molecule has 9 heteroatoms. The number of carbonyl (C=O) groups is 1. The van der Waals surface area contributed by atoms with E-state index >= 15 is 0 Å². The number of piperidine rings is 2. The molecular formula is C27H26FN5O3. The maximum atomic E-state index is 13.8. The predicted octanol–water partition coefficient (Wildman–Crippen LogP) is 4.22. The number of benzene rings is 1. The smallest absolute Gasteiger partial charge is 0.232 e. The zero-order chi connectivity index (χ0) is 24.6. The van der Waals surface area contributed by atoms with Crippen LogP contribution in [0.25, 0.3) is 33.6 Å². The predicted molar refractivity (Wildman–Crippen MR) is 134 cm³/mol. The van der Waals surface area contributed by atoms with E-state index in [4.69, 9.17) is 4.42 Å². The molecule has 2 aliphatic rings. The topological polar surface area (TPSA) is 95.6 Å². The molecule has 5 heterocycles. The van der Waals surface area contributed by atoms with Crippen LogP contribution in [0.1, 0.15) is 25.7 Å². The normalized spacial score (nSPS) is 17.2. The molecule has 0 radical (unpaired) electrons. The van der Waals surface area contributed by atoms with Gasteiger partial charge in [-0.3, -0.25) is 4.79 Å². The van der Waals surface area contributed by atoms with E-state index in [1.807, 2.05) is 12.1 Å². The van der Waals surface area contributed by atoms with Crippen LogP contribution in [-0.4, -0.2) is 58.1 Å². The van der Waals surface area contributed by atoms with Crippen LogP contribution in [0.3, 0.4) is 0 Å². The van der Waals surface area contributed by atoms with Crippen molar-refractivity contribution in [2.24, 2.45) is 0 Å². The monoisotopic (exact) mass is 487 g/mol. The van der Waals surface area contributed by atoms with Crippen LogP contribution in [0.2, 0.25) is 0 Å². The lowest BCUT2D eigenvalue weighted by atomic mass is 9.99. The molecule has 3 aromatic heterocycles. The van der Waals surface area contributed by atoms with E-state index in [0.717, 1.165) is 53.8 Å². The number of fused-ring (bicyclic) bond motifs is 1. The number of furan rings is 1. The fraction of sp³-hybridized carbons (Fsp3) is 0.333. The Morgan fingerprint density at radius 1 is 0.889 bits per heavy atom. The number of aliphatic hydroxyl groups excluding tert-OH is 1. The van der Waals surface area contributed by atoms with Crippen molar-refractivity contribution in [1.29, 1.82) is 0 Å². The first-order valence-electron chi connectivity index (χ1n) is 12.3. The highest BCUT2D eigenvalue weighted by Crippen LogP contribution is 2.43. The summed E-state index contributed by atoms with van der Waals surface area (Å²) in [4.78, 5) is 29.7. The largest absolute Gasteiger partial charge is 0.437 e. The van der Waals surface area contributed by atoms with Gasteiger partial charge in [-0.2, -0.15) is 0 Å². The number of pyridine rings is 1. The summed E-state index contributed by atoms with van der Waals surface area (Å²) in [5.74, 6) is 2.07. The molecule has 0 amide bonds. The number of Topliss-reactive ketones (excluding diaryl/α,β-unsaturated/α-hetero) is 1. The van der Waals surface area contributed by atoms with Gasteiger partial charge in [0.2, 0.25) is 5.71 Å². The second kappa shape index (κ2) is 9.31. The average Bonchev–Trinajstić information content (AvgIpc) is 3.30. The Kier molecular flexibility index (Phi) is 5.85. The van der Waals surface area contributed by atoms with Crippen LogP contribution in [0, 0.1) is 5.82 Å². The summed E-state index contributed by atoms with van der Waals surface area (Å²) in [7, 11) is 0. The highest BCUT2D eigenvalue weighted by atomic mass is 19.1. The Labute approximate surface area is 207 Å². The minimum atomic E-state index is -0.322. The lowest BCUT2D eigenvalue weighted by Crippen LogP contribution is -2.36. The summed E-state index contributed by atoms with van der Waals surface area (Å²) in [6.45, 7) is 2.68. The summed E-state index contributed by atoms with van der Waals surface area (Å²) in [6, 6.07) is 10.2. The molecule has 184 valence electrons. The number of aromatic nitrogens is 3. The van der Waals surface area contributed by atoms with E-state index < -0.39 is 0 Å². The zero-order valence-corrected chi connectivity index (χ0v) is 19.7. The van der Waals surface area contributed by atoms with E-state index in [1.165, 1.54) is 18.5 Å². The van der Waals surface area contributed by atoms with Gasteiger partial charge in [0, 0.05) is 56.3 Å². The van der Waals surface area contributed by atoms with Crippen molar-refractivity contribution >= 4 is 28.5 Å². The van der Waals surface area contributed by atoms with Crippen molar-refractivity contribution in [1.82, 2.24) is 15.0 Å². The molecule has 8 nitrogen and oxygen atoms in total. The van der Waals surface area contributed by atoms with Gasteiger partial charge in [0.25, 0.3) is 0 Å². The number of halogens is 1. The molecule has 0 spiro atoms. The summed E-state index contributed by atoms with van der Waals surface area (Å²) in [5, 5.41) is 10.5. The Hall–Kier alpha value is -3.85. The van der Waals surface area contributed by atoms with Gasteiger partial charge in [-0.15, -0.1) is 0 Å². The summed E-state index contributed by atoms with van der Waals surface area (Å²) in [6.07, 6.45) is 5.40. The summed E-state index contributed by atoms with van der Waals surface area (Å²) < 4.78 is 20.1. The molecule has 2 aliphatic heterocycles. The average molecular weight is 488 g/mol. The van der Waals surface area contributed by atoms with Gasteiger partial charge in [-0.25, -0.2) is 19.3 Å². The van der Waals surface area contributed by atoms with Gasteiger partial charge >= 0.3 is 0 Å². The first-order chi connectivity index (χ1) is 17.6.